The molecule has 2 aromatic carbocycles. The lowest BCUT2D eigenvalue weighted by molar-refractivity contribution is 0.110. The van der Waals surface area contributed by atoms with E-state index < -0.39 is 0 Å². The molecule has 4 rings (SSSR count). The fourth-order valence-electron chi connectivity index (χ4n) is 3.10. The maximum atomic E-state index is 5.92. The molecule has 6 heteroatoms. The Balaban J connectivity index is 1.57. The first kappa shape index (κ1) is 15.7. The van der Waals surface area contributed by atoms with Gasteiger partial charge in [0.25, 0.3) is 0 Å². The van der Waals surface area contributed by atoms with Gasteiger partial charge in [0.05, 0.1) is 32.1 Å². The average Bonchev–Trinajstić information content (AvgIpc) is 3.31. The second-order valence-corrected chi connectivity index (χ2v) is 5.91. The summed E-state index contributed by atoms with van der Waals surface area (Å²) in [7, 11) is 1.68. The Morgan fingerprint density at radius 1 is 1.12 bits per heavy atom. The number of nitrogens with zero attached hydrogens (tertiary/aromatic N) is 4. The second kappa shape index (κ2) is 6.94. The van der Waals surface area contributed by atoms with Gasteiger partial charge in [0.2, 0.25) is 0 Å². The minimum absolute atomic E-state index is 0.249. The van der Waals surface area contributed by atoms with E-state index in [0.717, 1.165) is 23.7 Å². The molecule has 1 aliphatic heterocycles. The van der Waals surface area contributed by atoms with Crippen LogP contribution in [0, 0.1) is 0 Å². The summed E-state index contributed by atoms with van der Waals surface area (Å²) < 4.78 is 13.3. The Morgan fingerprint density at radius 2 is 1.92 bits per heavy atom. The molecule has 25 heavy (non-hydrogen) atoms. The number of aromatic nitrogens is 3. The zero-order valence-electron chi connectivity index (χ0n) is 14.1. The van der Waals surface area contributed by atoms with E-state index in [9.17, 15) is 0 Å². The lowest BCUT2D eigenvalue weighted by atomic mass is 10.2. The summed E-state index contributed by atoms with van der Waals surface area (Å²) in [6, 6.07) is 18.2. The highest BCUT2D eigenvalue weighted by Gasteiger charge is 2.31. The second-order valence-electron chi connectivity index (χ2n) is 5.91. The Bertz CT molecular complexity index is 834. The molecule has 3 aromatic rings. The highest BCUT2D eigenvalue weighted by Crippen LogP contribution is 2.36. The Kier molecular flexibility index (Phi) is 4.35. The van der Waals surface area contributed by atoms with Crippen molar-refractivity contribution < 1.29 is 9.47 Å². The van der Waals surface area contributed by atoms with Crippen LogP contribution in [0.15, 0.2) is 60.8 Å². The highest BCUT2D eigenvalue weighted by atomic mass is 16.5. The standard InChI is InChI=1S/C19H20N4O2/c1-24-18-10-6-5-9-17(18)23-11-12-25-19(23)16-14-22(21-20-16)13-15-7-3-2-4-8-15/h2-10,14,19H,11-13H2,1H3/t19-/m0/s1. The molecule has 0 amide bonds. The molecule has 0 saturated carbocycles. The molecule has 1 fully saturated rings. The number of methoxy groups -OCH3 is 1. The largest absolute Gasteiger partial charge is 0.495 e. The maximum absolute atomic E-state index is 5.92. The molecule has 1 atom stereocenters. The number of rotatable bonds is 5. The van der Waals surface area contributed by atoms with E-state index in [1.54, 1.807) is 7.11 Å². The van der Waals surface area contributed by atoms with Crippen LogP contribution in [0.25, 0.3) is 0 Å². The van der Waals surface area contributed by atoms with Crippen molar-refractivity contribution in [3.05, 3.63) is 72.1 Å². The van der Waals surface area contributed by atoms with E-state index in [1.165, 1.54) is 5.56 Å². The van der Waals surface area contributed by atoms with Gasteiger partial charge in [0.1, 0.15) is 11.4 Å². The third kappa shape index (κ3) is 3.21. The van der Waals surface area contributed by atoms with E-state index in [4.69, 9.17) is 9.47 Å². The lowest BCUT2D eigenvalue weighted by Crippen LogP contribution is -2.24. The summed E-state index contributed by atoms with van der Waals surface area (Å²) in [6.07, 6.45) is 1.70. The van der Waals surface area contributed by atoms with Crippen LogP contribution in [0.1, 0.15) is 17.5 Å². The van der Waals surface area contributed by atoms with Crippen LogP contribution in [0.4, 0.5) is 5.69 Å². The predicted molar refractivity (Wildman–Crippen MR) is 94.6 cm³/mol. The van der Waals surface area contributed by atoms with Crippen LogP contribution >= 0.6 is 0 Å². The molecule has 0 radical (unpaired) electrons. The first-order valence-electron chi connectivity index (χ1n) is 8.30. The number of hydrogen-bond acceptors (Lipinski definition) is 5. The monoisotopic (exact) mass is 336 g/mol. The highest BCUT2D eigenvalue weighted by molar-refractivity contribution is 5.59. The normalized spacial score (nSPS) is 17.0. The van der Waals surface area contributed by atoms with Gasteiger partial charge < -0.3 is 14.4 Å². The van der Waals surface area contributed by atoms with Gasteiger partial charge >= 0.3 is 0 Å². The molecule has 0 bridgehead atoms. The zero-order chi connectivity index (χ0) is 17.1. The summed E-state index contributed by atoms with van der Waals surface area (Å²) in [4.78, 5) is 2.16. The molecule has 0 aliphatic carbocycles. The smallest absolute Gasteiger partial charge is 0.177 e. The van der Waals surface area contributed by atoms with Crippen molar-refractivity contribution in [2.24, 2.45) is 0 Å². The fraction of sp³-hybridized carbons (Fsp3) is 0.263. The minimum atomic E-state index is -0.249. The summed E-state index contributed by atoms with van der Waals surface area (Å²) in [5.41, 5.74) is 3.00. The third-order valence-corrected chi connectivity index (χ3v) is 4.28. The number of benzene rings is 2. The predicted octanol–water partition coefficient (Wildman–Crippen LogP) is 2.87. The van der Waals surface area contributed by atoms with Gasteiger partial charge in [0.15, 0.2) is 6.23 Å². The summed E-state index contributed by atoms with van der Waals surface area (Å²) >= 11 is 0. The molecule has 1 aliphatic rings. The van der Waals surface area contributed by atoms with Gasteiger partial charge in [-0.2, -0.15) is 0 Å². The number of hydrogen-bond donors (Lipinski definition) is 0. The lowest BCUT2D eigenvalue weighted by Gasteiger charge is -2.25. The number of ether oxygens (including phenoxy) is 2. The maximum Gasteiger partial charge on any atom is 0.177 e. The Labute approximate surface area is 146 Å². The molecule has 128 valence electrons. The SMILES string of the molecule is COc1ccccc1N1CCO[C@H]1c1cn(Cc2ccccc2)nn1. The molecule has 0 unspecified atom stereocenters. The van der Waals surface area contributed by atoms with Gasteiger partial charge in [0, 0.05) is 6.54 Å². The number of para-hydroxylation sites is 2. The Hall–Kier alpha value is -2.86. The number of anilines is 1. The summed E-state index contributed by atoms with van der Waals surface area (Å²) in [5.74, 6) is 0.828. The molecular formula is C19H20N4O2. The van der Waals surface area contributed by atoms with Gasteiger partial charge in [-0.05, 0) is 17.7 Å². The van der Waals surface area contributed by atoms with Gasteiger partial charge in [-0.3, -0.25) is 0 Å². The van der Waals surface area contributed by atoms with E-state index in [2.05, 4.69) is 27.3 Å². The van der Waals surface area contributed by atoms with Crippen molar-refractivity contribution in [3.8, 4) is 5.75 Å². The third-order valence-electron chi connectivity index (χ3n) is 4.28. The van der Waals surface area contributed by atoms with Crippen molar-refractivity contribution in [1.82, 2.24) is 15.0 Å². The fourth-order valence-corrected chi connectivity index (χ4v) is 3.10. The van der Waals surface area contributed by atoms with Gasteiger partial charge in [-0.15, -0.1) is 5.10 Å². The first-order chi connectivity index (χ1) is 12.3. The van der Waals surface area contributed by atoms with Crippen LogP contribution < -0.4 is 9.64 Å². The van der Waals surface area contributed by atoms with Crippen LogP contribution in [0.3, 0.4) is 0 Å². The van der Waals surface area contributed by atoms with Crippen LogP contribution in [-0.2, 0) is 11.3 Å². The summed E-state index contributed by atoms with van der Waals surface area (Å²) in [6.45, 7) is 2.13. The zero-order valence-corrected chi connectivity index (χ0v) is 14.1. The molecule has 0 N–H and O–H groups in total. The molecule has 1 saturated heterocycles. The molecule has 6 nitrogen and oxygen atoms in total. The quantitative estimate of drug-likeness (QED) is 0.717. The van der Waals surface area contributed by atoms with Gasteiger partial charge in [-0.1, -0.05) is 47.7 Å². The van der Waals surface area contributed by atoms with E-state index >= 15 is 0 Å². The topological polar surface area (TPSA) is 52.4 Å². The van der Waals surface area contributed by atoms with E-state index in [0.29, 0.717) is 13.2 Å². The van der Waals surface area contributed by atoms with Crippen molar-refractivity contribution in [1.29, 1.82) is 0 Å². The van der Waals surface area contributed by atoms with Crippen molar-refractivity contribution >= 4 is 5.69 Å². The average molecular weight is 336 g/mol. The van der Waals surface area contributed by atoms with E-state index in [-0.39, 0.29) is 6.23 Å². The Morgan fingerprint density at radius 3 is 2.76 bits per heavy atom. The van der Waals surface area contributed by atoms with Crippen LogP contribution in [0.5, 0.6) is 5.75 Å². The summed E-state index contributed by atoms with van der Waals surface area (Å²) in [5, 5.41) is 8.59. The first-order valence-corrected chi connectivity index (χ1v) is 8.30. The van der Waals surface area contributed by atoms with Crippen molar-refractivity contribution in [2.75, 3.05) is 25.2 Å². The molecule has 0 spiro atoms. The van der Waals surface area contributed by atoms with Crippen molar-refractivity contribution in [2.45, 2.75) is 12.8 Å². The molecule has 2 heterocycles. The van der Waals surface area contributed by atoms with Crippen molar-refractivity contribution in [3.63, 3.8) is 0 Å². The molecule has 1 aromatic heterocycles. The van der Waals surface area contributed by atoms with E-state index in [1.807, 2.05) is 53.3 Å². The van der Waals surface area contributed by atoms with Crippen LogP contribution in [-0.4, -0.2) is 35.3 Å². The van der Waals surface area contributed by atoms with Gasteiger partial charge in [-0.25, -0.2) is 4.68 Å². The molecular weight excluding hydrogens is 316 g/mol. The minimum Gasteiger partial charge on any atom is -0.495 e. The van der Waals surface area contributed by atoms with Crippen LogP contribution in [0.2, 0.25) is 0 Å².